The lowest BCUT2D eigenvalue weighted by Crippen LogP contribution is -2.19. The maximum Gasteiger partial charge on any atom is 0.306 e. The predicted octanol–water partition coefficient (Wildman–Crippen LogP) is 3.55. The van der Waals surface area contributed by atoms with Crippen LogP contribution in [0.15, 0.2) is 24.3 Å². The van der Waals surface area contributed by atoms with Crippen molar-refractivity contribution in [2.75, 3.05) is 6.61 Å². The van der Waals surface area contributed by atoms with Gasteiger partial charge in [-0.15, -0.1) is 0 Å². The molecule has 0 saturated heterocycles. The van der Waals surface area contributed by atoms with Gasteiger partial charge in [0.05, 0.1) is 0 Å². The third-order valence-corrected chi connectivity index (χ3v) is 5.05. The molecule has 3 nitrogen and oxygen atoms in total. The molecule has 21 heavy (non-hydrogen) atoms. The fraction of sp³-hybridized carbons (Fsp3) is 0.556. The second-order valence-corrected chi connectivity index (χ2v) is 6.59. The smallest absolute Gasteiger partial charge is 0.306 e. The number of rotatable bonds is 5. The van der Waals surface area contributed by atoms with Gasteiger partial charge in [0.1, 0.15) is 0 Å². The minimum absolute atomic E-state index is 0.128. The molecule has 2 bridgehead atoms. The van der Waals surface area contributed by atoms with Crippen LogP contribution in [-0.2, 0) is 9.53 Å². The fourth-order valence-corrected chi connectivity index (χ4v) is 3.87. The van der Waals surface area contributed by atoms with Gasteiger partial charge in [0.2, 0.25) is 0 Å². The maximum absolute atomic E-state index is 11.9. The standard InChI is InChI=1S/C18H22O3/c1-12-2-5-14(6-3-12)17(19)11-21-18(20)10-16-9-13-4-7-15(16)8-13/h2-3,5-6,13,15-16H,4,7-11H2,1H3/t13-,15-,16-/m0/s1. The molecule has 3 heteroatoms. The average Bonchev–Trinajstić information content (AvgIpc) is 3.08. The molecule has 0 unspecified atom stereocenters. The molecule has 3 atom stereocenters. The summed E-state index contributed by atoms with van der Waals surface area (Å²) < 4.78 is 5.17. The molecule has 0 aromatic heterocycles. The van der Waals surface area contributed by atoms with E-state index in [1.165, 1.54) is 25.7 Å². The van der Waals surface area contributed by atoms with Crippen molar-refractivity contribution in [1.29, 1.82) is 0 Å². The van der Waals surface area contributed by atoms with E-state index in [-0.39, 0.29) is 18.4 Å². The van der Waals surface area contributed by atoms with Crippen LogP contribution in [0.3, 0.4) is 0 Å². The largest absolute Gasteiger partial charge is 0.457 e. The molecule has 0 amide bonds. The monoisotopic (exact) mass is 286 g/mol. The molecule has 2 saturated carbocycles. The van der Waals surface area contributed by atoms with Crippen molar-refractivity contribution < 1.29 is 14.3 Å². The Morgan fingerprint density at radius 3 is 2.52 bits per heavy atom. The lowest BCUT2D eigenvalue weighted by molar-refractivity contribution is -0.144. The average molecular weight is 286 g/mol. The zero-order chi connectivity index (χ0) is 14.8. The first-order valence-electron chi connectivity index (χ1n) is 7.87. The summed E-state index contributed by atoms with van der Waals surface area (Å²) in [5.74, 6) is 1.70. The predicted molar refractivity (Wildman–Crippen MR) is 80.0 cm³/mol. The molecular weight excluding hydrogens is 264 g/mol. The number of carbonyl (C=O) groups is 2. The molecule has 0 heterocycles. The Hall–Kier alpha value is -1.64. The summed E-state index contributed by atoms with van der Waals surface area (Å²) in [7, 11) is 0. The highest BCUT2D eigenvalue weighted by Crippen LogP contribution is 2.49. The lowest BCUT2D eigenvalue weighted by Gasteiger charge is -2.20. The third kappa shape index (κ3) is 3.34. The number of hydrogen-bond donors (Lipinski definition) is 0. The highest BCUT2D eigenvalue weighted by atomic mass is 16.5. The summed E-state index contributed by atoms with van der Waals surface area (Å²) >= 11 is 0. The van der Waals surface area contributed by atoms with Crippen LogP contribution in [0.5, 0.6) is 0 Å². The summed E-state index contributed by atoms with van der Waals surface area (Å²) in [4.78, 5) is 23.8. The van der Waals surface area contributed by atoms with Gasteiger partial charge in [0.15, 0.2) is 12.4 Å². The summed E-state index contributed by atoms with van der Waals surface area (Å²) in [6, 6.07) is 7.34. The van der Waals surface area contributed by atoms with E-state index in [0.717, 1.165) is 17.4 Å². The molecule has 3 rings (SSSR count). The number of ketones is 1. The number of Topliss-reactive ketones (excluding diaryl/α,β-unsaturated/α-hetero) is 1. The van der Waals surface area contributed by atoms with E-state index >= 15 is 0 Å². The first kappa shape index (κ1) is 14.3. The SMILES string of the molecule is Cc1ccc(C(=O)COC(=O)C[C@@H]2C[C@H]3CC[C@H]2C3)cc1. The minimum Gasteiger partial charge on any atom is -0.457 e. The van der Waals surface area contributed by atoms with E-state index in [2.05, 4.69) is 0 Å². The number of aryl methyl sites for hydroxylation is 1. The Kier molecular flexibility index (Phi) is 4.09. The van der Waals surface area contributed by atoms with Gasteiger partial charge in [-0.3, -0.25) is 9.59 Å². The molecule has 1 aromatic carbocycles. The highest BCUT2D eigenvalue weighted by Gasteiger charge is 2.40. The zero-order valence-corrected chi connectivity index (χ0v) is 12.5. The van der Waals surface area contributed by atoms with Crippen molar-refractivity contribution in [3.05, 3.63) is 35.4 Å². The molecule has 2 fully saturated rings. The summed E-state index contributed by atoms with van der Waals surface area (Å²) in [6.07, 6.45) is 5.56. The maximum atomic E-state index is 11.9. The van der Waals surface area contributed by atoms with Gasteiger partial charge in [-0.2, -0.15) is 0 Å². The van der Waals surface area contributed by atoms with Crippen LogP contribution in [0.2, 0.25) is 0 Å². The summed E-state index contributed by atoms with van der Waals surface area (Å²) in [5.41, 5.74) is 1.72. The van der Waals surface area contributed by atoms with Gasteiger partial charge in [0.25, 0.3) is 0 Å². The fourth-order valence-electron chi connectivity index (χ4n) is 3.87. The molecule has 2 aliphatic rings. The van der Waals surface area contributed by atoms with E-state index < -0.39 is 0 Å². The van der Waals surface area contributed by atoms with Gasteiger partial charge >= 0.3 is 5.97 Å². The molecule has 1 aromatic rings. The molecule has 0 aliphatic heterocycles. The lowest BCUT2D eigenvalue weighted by atomic mass is 9.86. The van der Waals surface area contributed by atoms with Crippen molar-refractivity contribution in [1.82, 2.24) is 0 Å². The van der Waals surface area contributed by atoms with E-state index in [4.69, 9.17) is 4.74 Å². The topological polar surface area (TPSA) is 43.4 Å². The molecule has 0 N–H and O–H groups in total. The quantitative estimate of drug-likeness (QED) is 0.614. The first-order chi connectivity index (χ1) is 10.1. The molecular formula is C18H22O3. The Bertz CT molecular complexity index is 532. The van der Waals surface area contributed by atoms with Crippen LogP contribution in [0.25, 0.3) is 0 Å². The number of ether oxygens (including phenoxy) is 1. The van der Waals surface area contributed by atoms with E-state index in [1.54, 1.807) is 12.1 Å². The van der Waals surface area contributed by atoms with Crippen LogP contribution >= 0.6 is 0 Å². The Morgan fingerprint density at radius 2 is 1.90 bits per heavy atom. The van der Waals surface area contributed by atoms with Gasteiger partial charge < -0.3 is 4.74 Å². The van der Waals surface area contributed by atoms with Crippen LogP contribution in [0.4, 0.5) is 0 Å². The van der Waals surface area contributed by atoms with Crippen molar-refractivity contribution >= 4 is 11.8 Å². The van der Waals surface area contributed by atoms with E-state index in [0.29, 0.717) is 17.9 Å². The number of benzene rings is 1. The Balaban J connectivity index is 1.45. The van der Waals surface area contributed by atoms with Gasteiger partial charge in [0, 0.05) is 12.0 Å². The summed E-state index contributed by atoms with van der Waals surface area (Å²) in [6.45, 7) is 1.84. The van der Waals surface area contributed by atoms with Crippen molar-refractivity contribution in [3.8, 4) is 0 Å². The minimum atomic E-state index is -0.215. The normalized spacial score (nSPS) is 26.8. The molecule has 0 radical (unpaired) electrons. The number of esters is 1. The van der Waals surface area contributed by atoms with Crippen molar-refractivity contribution in [3.63, 3.8) is 0 Å². The number of fused-ring (bicyclic) bond motifs is 2. The van der Waals surface area contributed by atoms with Crippen LogP contribution in [0, 0.1) is 24.7 Å². The highest BCUT2D eigenvalue weighted by molar-refractivity contribution is 5.97. The zero-order valence-electron chi connectivity index (χ0n) is 12.5. The molecule has 0 spiro atoms. The van der Waals surface area contributed by atoms with Gasteiger partial charge in [-0.05, 0) is 43.9 Å². The van der Waals surface area contributed by atoms with Crippen molar-refractivity contribution in [2.24, 2.45) is 17.8 Å². The molecule has 2 aliphatic carbocycles. The second kappa shape index (κ2) is 6.00. The molecule has 112 valence electrons. The van der Waals surface area contributed by atoms with Crippen LogP contribution in [0.1, 0.15) is 48.0 Å². The van der Waals surface area contributed by atoms with Gasteiger partial charge in [-0.1, -0.05) is 36.2 Å². The number of carbonyl (C=O) groups excluding carboxylic acids is 2. The van der Waals surface area contributed by atoms with Crippen molar-refractivity contribution in [2.45, 2.75) is 39.0 Å². The Labute approximate surface area is 125 Å². The number of hydrogen-bond acceptors (Lipinski definition) is 3. The van der Waals surface area contributed by atoms with E-state index in [1.807, 2.05) is 19.1 Å². The van der Waals surface area contributed by atoms with Crippen LogP contribution < -0.4 is 0 Å². The van der Waals surface area contributed by atoms with E-state index in [9.17, 15) is 9.59 Å². The summed E-state index contributed by atoms with van der Waals surface area (Å²) in [5, 5.41) is 0. The Morgan fingerprint density at radius 1 is 1.14 bits per heavy atom. The second-order valence-electron chi connectivity index (χ2n) is 6.59. The first-order valence-corrected chi connectivity index (χ1v) is 7.87. The van der Waals surface area contributed by atoms with Crippen LogP contribution in [-0.4, -0.2) is 18.4 Å². The third-order valence-electron chi connectivity index (χ3n) is 5.05. The van der Waals surface area contributed by atoms with Gasteiger partial charge in [-0.25, -0.2) is 0 Å².